The Morgan fingerprint density at radius 2 is 2.12 bits per heavy atom. The van der Waals surface area contributed by atoms with Gasteiger partial charge in [0.2, 0.25) is 5.91 Å². The number of anilines is 1. The van der Waals surface area contributed by atoms with Crippen molar-refractivity contribution in [1.82, 2.24) is 4.90 Å². The third kappa shape index (κ3) is 3.43. The second-order valence-electron chi connectivity index (χ2n) is 5.55. The topological polar surface area (TPSA) is 58.6 Å². The first kappa shape index (κ1) is 16.5. The maximum absolute atomic E-state index is 12.7. The van der Waals surface area contributed by atoms with Crippen molar-refractivity contribution in [3.05, 3.63) is 46.7 Å². The first-order chi connectivity index (χ1) is 11.7. The number of likely N-dealkylation sites (tertiary alicyclic amines) is 1. The number of hydrogen-bond donors (Lipinski definition) is 1. The number of hydrogen-bond acceptors (Lipinski definition) is 4. The van der Waals surface area contributed by atoms with Crippen LogP contribution in [0.5, 0.6) is 5.75 Å². The highest BCUT2D eigenvalue weighted by Gasteiger charge is 2.35. The van der Waals surface area contributed by atoms with Crippen LogP contribution in [0, 0.1) is 0 Å². The average molecular weight is 344 g/mol. The number of ether oxygens (including phenoxy) is 1. The molecule has 6 heteroatoms. The molecule has 3 rings (SSSR count). The highest BCUT2D eigenvalue weighted by Crippen LogP contribution is 2.27. The minimum atomic E-state index is -0.436. The van der Waals surface area contributed by atoms with E-state index in [9.17, 15) is 9.59 Å². The molecule has 2 heterocycles. The molecule has 2 aromatic rings. The van der Waals surface area contributed by atoms with Gasteiger partial charge in [-0.2, -0.15) is 0 Å². The van der Waals surface area contributed by atoms with E-state index in [1.165, 1.54) is 11.3 Å². The summed E-state index contributed by atoms with van der Waals surface area (Å²) in [6, 6.07) is 10.6. The number of amides is 2. The number of thiophene rings is 1. The standard InChI is InChI=1S/C18H20N2O3S/c1-2-23-15-9-4-3-7-13(15)19-17(21)14-8-5-11-20(14)18(22)16-10-6-12-24-16/h3-4,6-7,9-10,12,14H,2,5,8,11H2,1H3,(H,19,21)/t14-/m1/s1. The van der Waals surface area contributed by atoms with Crippen molar-refractivity contribution in [2.45, 2.75) is 25.8 Å². The summed E-state index contributed by atoms with van der Waals surface area (Å²) in [5.74, 6) is 0.410. The fourth-order valence-corrected chi connectivity index (χ4v) is 3.57. The van der Waals surface area contributed by atoms with E-state index in [1.807, 2.05) is 42.6 Å². The van der Waals surface area contributed by atoms with Crippen molar-refractivity contribution >= 4 is 28.8 Å². The number of benzene rings is 1. The van der Waals surface area contributed by atoms with E-state index < -0.39 is 6.04 Å². The molecule has 0 spiro atoms. The Labute approximate surface area is 145 Å². The first-order valence-corrected chi connectivity index (χ1v) is 8.96. The van der Waals surface area contributed by atoms with Gasteiger partial charge in [0.05, 0.1) is 17.2 Å². The first-order valence-electron chi connectivity index (χ1n) is 8.08. The van der Waals surface area contributed by atoms with Gasteiger partial charge in [-0.15, -0.1) is 11.3 Å². The Kier molecular flexibility index (Phi) is 5.15. The largest absolute Gasteiger partial charge is 0.492 e. The normalized spacial score (nSPS) is 16.9. The number of carbonyl (C=O) groups is 2. The molecule has 1 aliphatic heterocycles. The van der Waals surface area contributed by atoms with Gasteiger partial charge in [-0.05, 0) is 43.3 Å². The van der Waals surface area contributed by atoms with Crippen LogP contribution in [0.15, 0.2) is 41.8 Å². The molecular formula is C18H20N2O3S. The predicted octanol–water partition coefficient (Wildman–Crippen LogP) is 3.39. The summed E-state index contributed by atoms with van der Waals surface area (Å²) in [6.07, 6.45) is 1.52. The molecule has 0 bridgehead atoms. The van der Waals surface area contributed by atoms with Gasteiger partial charge < -0.3 is 15.0 Å². The number of rotatable bonds is 5. The van der Waals surface area contributed by atoms with Crippen LogP contribution in [0.4, 0.5) is 5.69 Å². The Hall–Kier alpha value is -2.34. The van der Waals surface area contributed by atoms with E-state index in [4.69, 9.17) is 4.74 Å². The van der Waals surface area contributed by atoms with E-state index in [0.29, 0.717) is 35.9 Å². The molecule has 1 aromatic carbocycles. The SMILES string of the molecule is CCOc1ccccc1NC(=O)[C@H]1CCCN1C(=O)c1cccs1. The zero-order chi connectivity index (χ0) is 16.9. The predicted molar refractivity (Wildman–Crippen MR) is 94.6 cm³/mol. The van der Waals surface area contributed by atoms with Crippen LogP contribution in [-0.2, 0) is 4.79 Å². The lowest BCUT2D eigenvalue weighted by molar-refractivity contribution is -0.119. The summed E-state index contributed by atoms with van der Waals surface area (Å²) < 4.78 is 5.54. The van der Waals surface area contributed by atoms with Crippen LogP contribution in [0.3, 0.4) is 0 Å². The molecule has 1 atom stereocenters. The maximum atomic E-state index is 12.7. The molecule has 0 saturated carbocycles. The summed E-state index contributed by atoms with van der Waals surface area (Å²) >= 11 is 1.40. The molecule has 24 heavy (non-hydrogen) atoms. The van der Waals surface area contributed by atoms with Crippen LogP contribution in [0.1, 0.15) is 29.4 Å². The lowest BCUT2D eigenvalue weighted by Crippen LogP contribution is -2.43. The Balaban J connectivity index is 1.73. The summed E-state index contributed by atoms with van der Waals surface area (Å²) in [4.78, 5) is 27.6. The molecule has 0 radical (unpaired) electrons. The molecule has 1 fully saturated rings. The molecule has 0 unspecified atom stereocenters. The highest BCUT2D eigenvalue weighted by atomic mass is 32.1. The number of carbonyl (C=O) groups excluding carboxylic acids is 2. The minimum Gasteiger partial charge on any atom is -0.492 e. The van der Waals surface area contributed by atoms with Crippen LogP contribution < -0.4 is 10.1 Å². The molecule has 5 nitrogen and oxygen atoms in total. The van der Waals surface area contributed by atoms with Gasteiger partial charge in [0.15, 0.2) is 0 Å². The number of para-hydroxylation sites is 2. The van der Waals surface area contributed by atoms with E-state index in [2.05, 4.69) is 5.32 Å². The van der Waals surface area contributed by atoms with Gasteiger partial charge in [0.25, 0.3) is 5.91 Å². The molecule has 1 saturated heterocycles. The second kappa shape index (κ2) is 7.49. The summed E-state index contributed by atoms with van der Waals surface area (Å²) in [6.45, 7) is 3.04. The highest BCUT2D eigenvalue weighted by molar-refractivity contribution is 7.12. The molecular weight excluding hydrogens is 324 g/mol. The number of nitrogens with one attached hydrogen (secondary N) is 1. The van der Waals surface area contributed by atoms with E-state index in [1.54, 1.807) is 11.0 Å². The zero-order valence-corrected chi connectivity index (χ0v) is 14.3. The average Bonchev–Trinajstić information content (AvgIpc) is 3.28. The molecule has 1 aliphatic rings. The second-order valence-corrected chi connectivity index (χ2v) is 6.50. The summed E-state index contributed by atoms with van der Waals surface area (Å²) in [7, 11) is 0. The van der Waals surface area contributed by atoms with E-state index >= 15 is 0 Å². The lowest BCUT2D eigenvalue weighted by Gasteiger charge is -2.24. The van der Waals surface area contributed by atoms with Gasteiger partial charge in [0.1, 0.15) is 11.8 Å². The van der Waals surface area contributed by atoms with Crippen LogP contribution >= 0.6 is 11.3 Å². The van der Waals surface area contributed by atoms with Gasteiger partial charge in [-0.25, -0.2) is 0 Å². The van der Waals surface area contributed by atoms with Gasteiger partial charge in [-0.3, -0.25) is 9.59 Å². The van der Waals surface area contributed by atoms with E-state index in [-0.39, 0.29) is 11.8 Å². The van der Waals surface area contributed by atoms with Crippen molar-refractivity contribution in [3.8, 4) is 5.75 Å². The third-order valence-corrected chi connectivity index (χ3v) is 4.85. The molecule has 1 N–H and O–H groups in total. The molecule has 2 amide bonds. The quantitative estimate of drug-likeness (QED) is 0.904. The van der Waals surface area contributed by atoms with Crippen LogP contribution in [0.25, 0.3) is 0 Å². The minimum absolute atomic E-state index is 0.0688. The monoisotopic (exact) mass is 344 g/mol. The fourth-order valence-electron chi connectivity index (χ4n) is 2.89. The Morgan fingerprint density at radius 3 is 2.88 bits per heavy atom. The van der Waals surface area contributed by atoms with Gasteiger partial charge >= 0.3 is 0 Å². The molecule has 1 aromatic heterocycles. The smallest absolute Gasteiger partial charge is 0.264 e. The molecule has 126 valence electrons. The van der Waals surface area contributed by atoms with Crippen LogP contribution in [0.2, 0.25) is 0 Å². The maximum Gasteiger partial charge on any atom is 0.264 e. The third-order valence-electron chi connectivity index (χ3n) is 3.99. The van der Waals surface area contributed by atoms with Crippen molar-refractivity contribution in [1.29, 1.82) is 0 Å². The van der Waals surface area contributed by atoms with Gasteiger partial charge in [-0.1, -0.05) is 18.2 Å². The van der Waals surface area contributed by atoms with Crippen molar-refractivity contribution in [2.24, 2.45) is 0 Å². The van der Waals surface area contributed by atoms with Gasteiger partial charge in [0, 0.05) is 6.54 Å². The van der Waals surface area contributed by atoms with E-state index in [0.717, 1.165) is 6.42 Å². The number of nitrogens with zero attached hydrogens (tertiary/aromatic N) is 1. The van der Waals surface area contributed by atoms with Crippen LogP contribution in [-0.4, -0.2) is 35.9 Å². The fraction of sp³-hybridized carbons (Fsp3) is 0.333. The van der Waals surface area contributed by atoms with Crippen molar-refractivity contribution < 1.29 is 14.3 Å². The zero-order valence-electron chi connectivity index (χ0n) is 13.5. The summed E-state index contributed by atoms with van der Waals surface area (Å²) in [5, 5.41) is 4.78. The lowest BCUT2D eigenvalue weighted by atomic mass is 10.2. The summed E-state index contributed by atoms with van der Waals surface area (Å²) in [5.41, 5.74) is 0.639. The Bertz CT molecular complexity index is 715. The molecule has 0 aliphatic carbocycles. The Morgan fingerprint density at radius 1 is 1.29 bits per heavy atom. The van der Waals surface area contributed by atoms with Crippen molar-refractivity contribution in [2.75, 3.05) is 18.5 Å². The van der Waals surface area contributed by atoms with Crippen molar-refractivity contribution in [3.63, 3.8) is 0 Å².